The van der Waals surface area contributed by atoms with Crippen LogP contribution in [0, 0.1) is 0 Å². The van der Waals surface area contributed by atoms with Gasteiger partial charge in [-0.3, -0.25) is 4.79 Å². The lowest BCUT2D eigenvalue weighted by Gasteiger charge is -2.22. The molecular formula is C26H27NO6. The molecule has 0 atom stereocenters. The lowest BCUT2D eigenvalue weighted by molar-refractivity contribution is -0.136. The summed E-state index contributed by atoms with van der Waals surface area (Å²) in [6.07, 6.45) is 6.10. The van der Waals surface area contributed by atoms with Crippen molar-refractivity contribution < 1.29 is 23.5 Å². The maximum atomic E-state index is 12.6. The standard InChI is InChI=1S/C26H27NO6/c1-2-17-8-11-20(12-9-17)31-16-24(28)32-21-13-10-18-14-22(26(30)33-23(18)15-21)25(29)27-19-6-4-3-5-7-19/h8-15,19H,2-7,16H2,1H3,(H,27,29). The molecular weight excluding hydrogens is 422 g/mol. The van der Waals surface area contributed by atoms with Crippen LogP contribution >= 0.6 is 0 Å². The summed E-state index contributed by atoms with van der Waals surface area (Å²) in [6.45, 7) is 1.81. The smallest absolute Gasteiger partial charge is 0.349 e. The monoisotopic (exact) mass is 449 g/mol. The average molecular weight is 450 g/mol. The Morgan fingerprint density at radius 2 is 1.73 bits per heavy atom. The first kappa shape index (κ1) is 22.6. The van der Waals surface area contributed by atoms with Crippen LogP contribution < -0.4 is 20.4 Å². The second-order valence-corrected chi connectivity index (χ2v) is 8.22. The lowest BCUT2D eigenvalue weighted by Crippen LogP contribution is -2.38. The van der Waals surface area contributed by atoms with Gasteiger partial charge in [-0.25, -0.2) is 9.59 Å². The molecule has 1 aromatic heterocycles. The number of amides is 1. The van der Waals surface area contributed by atoms with E-state index in [1.54, 1.807) is 24.3 Å². The Bertz CT molecular complexity index is 1190. The number of rotatable bonds is 7. The summed E-state index contributed by atoms with van der Waals surface area (Å²) in [4.78, 5) is 37.1. The van der Waals surface area contributed by atoms with Gasteiger partial charge in [-0.05, 0) is 55.2 Å². The molecule has 0 bridgehead atoms. The zero-order valence-electron chi connectivity index (χ0n) is 18.6. The van der Waals surface area contributed by atoms with Gasteiger partial charge in [0.2, 0.25) is 0 Å². The number of esters is 1. The molecule has 0 saturated heterocycles. The molecule has 1 amide bonds. The van der Waals surface area contributed by atoms with Crippen LogP contribution in [-0.2, 0) is 11.2 Å². The van der Waals surface area contributed by atoms with E-state index in [0.717, 1.165) is 32.1 Å². The summed E-state index contributed by atoms with van der Waals surface area (Å²) in [5.41, 5.74) is 0.659. The maximum Gasteiger partial charge on any atom is 0.349 e. The summed E-state index contributed by atoms with van der Waals surface area (Å²) in [7, 11) is 0. The summed E-state index contributed by atoms with van der Waals surface area (Å²) in [5, 5.41) is 3.50. The Kier molecular flexibility index (Phi) is 7.07. The number of carbonyl (C=O) groups is 2. The molecule has 1 heterocycles. The van der Waals surface area contributed by atoms with Crippen LogP contribution in [0.25, 0.3) is 11.0 Å². The third-order valence-corrected chi connectivity index (χ3v) is 5.81. The second kappa shape index (κ2) is 10.3. The van der Waals surface area contributed by atoms with Crippen LogP contribution in [0.5, 0.6) is 11.5 Å². The fraction of sp³-hybridized carbons (Fsp3) is 0.346. The second-order valence-electron chi connectivity index (χ2n) is 8.22. The summed E-state index contributed by atoms with van der Waals surface area (Å²) in [6, 6.07) is 13.8. The number of fused-ring (bicyclic) bond motifs is 1. The van der Waals surface area contributed by atoms with E-state index in [4.69, 9.17) is 13.9 Å². The highest BCUT2D eigenvalue weighted by molar-refractivity contribution is 5.97. The van der Waals surface area contributed by atoms with E-state index in [0.29, 0.717) is 11.1 Å². The summed E-state index contributed by atoms with van der Waals surface area (Å²) >= 11 is 0. The van der Waals surface area contributed by atoms with Crippen molar-refractivity contribution in [2.45, 2.75) is 51.5 Å². The minimum absolute atomic E-state index is 0.0275. The van der Waals surface area contributed by atoms with Crippen molar-refractivity contribution in [3.8, 4) is 11.5 Å². The van der Waals surface area contributed by atoms with Gasteiger partial charge in [-0.1, -0.05) is 38.3 Å². The van der Waals surface area contributed by atoms with Gasteiger partial charge >= 0.3 is 11.6 Å². The van der Waals surface area contributed by atoms with Crippen molar-refractivity contribution in [2.75, 3.05) is 6.61 Å². The van der Waals surface area contributed by atoms with Gasteiger partial charge in [-0.15, -0.1) is 0 Å². The predicted octanol–water partition coefficient (Wildman–Crippen LogP) is 4.40. The molecule has 0 radical (unpaired) electrons. The Morgan fingerprint density at radius 3 is 2.45 bits per heavy atom. The number of nitrogens with one attached hydrogen (secondary N) is 1. The van der Waals surface area contributed by atoms with Gasteiger partial charge in [0.25, 0.3) is 5.91 Å². The minimum Gasteiger partial charge on any atom is -0.482 e. The van der Waals surface area contributed by atoms with Crippen LogP contribution in [0.1, 0.15) is 54.9 Å². The van der Waals surface area contributed by atoms with Gasteiger partial charge in [-0.2, -0.15) is 0 Å². The third-order valence-electron chi connectivity index (χ3n) is 5.81. The molecule has 1 saturated carbocycles. The van der Waals surface area contributed by atoms with Crippen LogP contribution in [-0.4, -0.2) is 24.5 Å². The van der Waals surface area contributed by atoms with E-state index in [1.807, 2.05) is 12.1 Å². The largest absolute Gasteiger partial charge is 0.482 e. The van der Waals surface area contributed by atoms with E-state index in [2.05, 4.69) is 12.2 Å². The van der Waals surface area contributed by atoms with Crippen LogP contribution in [0.3, 0.4) is 0 Å². The minimum atomic E-state index is -0.724. The molecule has 1 fully saturated rings. The summed E-state index contributed by atoms with van der Waals surface area (Å²) in [5.74, 6) is -0.204. The molecule has 2 aromatic carbocycles. The molecule has 172 valence electrons. The fourth-order valence-corrected chi connectivity index (χ4v) is 3.95. The molecule has 7 nitrogen and oxygen atoms in total. The zero-order valence-corrected chi connectivity index (χ0v) is 18.6. The molecule has 1 N–H and O–H groups in total. The Labute approximate surface area is 191 Å². The number of hydrogen-bond donors (Lipinski definition) is 1. The van der Waals surface area contributed by atoms with E-state index < -0.39 is 17.5 Å². The Morgan fingerprint density at radius 1 is 1.00 bits per heavy atom. The van der Waals surface area contributed by atoms with Crippen molar-refractivity contribution in [3.63, 3.8) is 0 Å². The van der Waals surface area contributed by atoms with Gasteiger partial charge in [0, 0.05) is 17.5 Å². The van der Waals surface area contributed by atoms with E-state index in [9.17, 15) is 14.4 Å². The first-order chi connectivity index (χ1) is 16.0. The van der Waals surface area contributed by atoms with Crippen molar-refractivity contribution in [1.82, 2.24) is 5.32 Å². The average Bonchev–Trinajstić information content (AvgIpc) is 2.83. The molecule has 0 unspecified atom stereocenters. The van der Waals surface area contributed by atoms with Crippen molar-refractivity contribution in [2.24, 2.45) is 0 Å². The van der Waals surface area contributed by atoms with Gasteiger partial charge in [0.05, 0.1) is 0 Å². The fourth-order valence-electron chi connectivity index (χ4n) is 3.95. The van der Waals surface area contributed by atoms with Crippen LogP contribution in [0.15, 0.2) is 57.7 Å². The van der Waals surface area contributed by atoms with Crippen molar-refractivity contribution in [1.29, 1.82) is 0 Å². The lowest BCUT2D eigenvalue weighted by atomic mass is 9.95. The van der Waals surface area contributed by atoms with Gasteiger partial charge < -0.3 is 19.2 Å². The molecule has 33 heavy (non-hydrogen) atoms. The molecule has 7 heteroatoms. The number of ether oxygens (including phenoxy) is 2. The molecule has 3 aromatic rings. The Hall–Kier alpha value is -3.61. The van der Waals surface area contributed by atoms with E-state index in [-0.39, 0.29) is 29.5 Å². The molecule has 4 rings (SSSR count). The topological polar surface area (TPSA) is 94.8 Å². The highest BCUT2D eigenvalue weighted by Crippen LogP contribution is 2.22. The third kappa shape index (κ3) is 5.80. The van der Waals surface area contributed by atoms with Gasteiger partial charge in [0.15, 0.2) is 6.61 Å². The van der Waals surface area contributed by atoms with Crippen molar-refractivity contribution >= 4 is 22.8 Å². The predicted molar refractivity (Wildman–Crippen MR) is 124 cm³/mol. The maximum absolute atomic E-state index is 12.6. The Balaban J connectivity index is 1.40. The number of hydrogen-bond acceptors (Lipinski definition) is 6. The van der Waals surface area contributed by atoms with Crippen LogP contribution in [0.2, 0.25) is 0 Å². The number of aryl methyl sites for hydroxylation is 1. The molecule has 1 aliphatic rings. The first-order valence-electron chi connectivity index (χ1n) is 11.3. The van der Waals surface area contributed by atoms with E-state index in [1.165, 1.54) is 24.1 Å². The zero-order chi connectivity index (χ0) is 23.2. The summed E-state index contributed by atoms with van der Waals surface area (Å²) < 4.78 is 16.1. The van der Waals surface area contributed by atoms with Gasteiger partial charge in [0.1, 0.15) is 22.6 Å². The van der Waals surface area contributed by atoms with E-state index >= 15 is 0 Å². The first-order valence-corrected chi connectivity index (χ1v) is 11.3. The number of carbonyl (C=O) groups excluding carboxylic acids is 2. The van der Waals surface area contributed by atoms with Crippen LogP contribution in [0.4, 0.5) is 0 Å². The molecule has 0 aliphatic heterocycles. The normalized spacial score (nSPS) is 14.1. The molecule has 1 aliphatic carbocycles. The number of benzene rings is 2. The highest BCUT2D eigenvalue weighted by atomic mass is 16.6. The highest BCUT2D eigenvalue weighted by Gasteiger charge is 2.20. The van der Waals surface area contributed by atoms with Crippen molar-refractivity contribution in [3.05, 3.63) is 70.1 Å². The quantitative estimate of drug-likeness (QED) is 0.326. The SMILES string of the molecule is CCc1ccc(OCC(=O)Oc2ccc3cc(C(=O)NC4CCCCC4)c(=O)oc3c2)cc1. The molecule has 0 spiro atoms.